The fraction of sp³-hybridized carbons (Fsp3) is 0.118. The van der Waals surface area contributed by atoms with Crippen LogP contribution in [-0.4, -0.2) is 43.2 Å². The second-order valence-electron chi connectivity index (χ2n) is 5.87. The van der Waals surface area contributed by atoms with E-state index in [9.17, 15) is 19.7 Å². The zero-order valence-corrected chi connectivity index (χ0v) is 17.9. The number of hydrogen-bond acceptors (Lipinski definition) is 9. The maximum atomic E-state index is 12.3. The lowest BCUT2D eigenvalue weighted by atomic mass is 10.2. The molecule has 0 bridgehead atoms. The van der Waals surface area contributed by atoms with Gasteiger partial charge in [-0.3, -0.25) is 14.9 Å². The van der Waals surface area contributed by atoms with Crippen LogP contribution in [0, 0.1) is 10.1 Å². The number of pyridine rings is 1. The molecule has 14 heteroatoms. The lowest BCUT2D eigenvalue weighted by molar-refractivity contribution is -0.387. The third-order valence-corrected chi connectivity index (χ3v) is 5.27. The number of carbonyl (C=O) groups is 2. The monoisotopic (exact) mass is 482 g/mol. The Kier molecular flexibility index (Phi) is 7.05. The molecule has 0 spiro atoms. The maximum Gasteiger partial charge on any atom is 0.338 e. The van der Waals surface area contributed by atoms with Crippen molar-refractivity contribution in [1.82, 2.24) is 19.7 Å². The summed E-state index contributed by atoms with van der Waals surface area (Å²) in [7, 11) is 1.69. The summed E-state index contributed by atoms with van der Waals surface area (Å²) in [6.07, 6.45) is 2.74. The average molecular weight is 483 g/mol. The third-order valence-electron chi connectivity index (χ3n) is 3.66. The summed E-state index contributed by atoms with van der Waals surface area (Å²) in [6, 6.07) is 5.20. The van der Waals surface area contributed by atoms with Crippen LogP contribution in [0.3, 0.4) is 0 Å². The Labute approximate surface area is 188 Å². The minimum absolute atomic E-state index is 0.0490. The Morgan fingerprint density at radius 2 is 2.10 bits per heavy atom. The second kappa shape index (κ2) is 9.73. The Bertz CT molecular complexity index is 1170. The number of aromatic nitrogens is 4. The summed E-state index contributed by atoms with van der Waals surface area (Å²) in [4.78, 5) is 39.2. The van der Waals surface area contributed by atoms with Crippen molar-refractivity contribution in [2.45, 2.75) is 10.1 Å². The lowest BCUT2D eigenvalue weighted by Crippen LogP contribution is -2.21. The number of nitro groups is 1. The van der Waals surface area contributed by atoms with Crippen molar-refractivity contribution in [2.24, 2.45) is 7.05 Å². The van der Waals surface area contributed by atoms with E-state index in [-0.39, 0.29) is 32.0 Å². The van der Waals surface area contributed by atoms with E-state index in [1.807, 2.05) is 0 Å². The van der Waals surface area contributed by atoms with Gasteiger partial charge in [-0.15, -0.1) is 10.2 Å². The van der Waals surface area contributed by atoms with Crippen LogP contribution in [0.2, 0.25) is 10.0 Å². The Morgan fingerprint density at radius 3 is 2.74 bits per heavy atom. The van der Waals surface area contributed by atoms with Crippen molar-refractivity contribution < 1.29 is 19.2 Å². The van der Waals surface area contributed by atoms with Crippen LogP contribution in [0.25, 0.3) is 0 Å². The Balaban J connectivity index is 1.67. The molecule has 3 aromatic rings. The molecule has 0 aliphatic rings. The molecule has 0 aliphatic heterocycles. The fourth-order valence-electron chi connectivity index (χ4n) is 2.23. The van der Waals surface area contributed by atoms with E-state index in [1.165, 1.54) is 30.7 Å². The van der Waals surface area contributed by atoms with Crippen LogP contribution in [0.5, 0.6) is 0 Å². The van der Waals surface area contributed by atoms with E-state index in [0.717, 1.165) is 17.8 Å². The number of carbonyl (C=O) groups excluding carboxylic acids is 2. The quantitative estimate of drug-likeness (QED) is 0.304. The molecule has 2 aromatic heterocycles. The molecule has 2 heterocycles. The highest BCUT2D eigenvalue weighted by Crippen LogP contribution is 2.34. The summed E-state index contributed by atoms with van der Waals surface area (Å²) in [5, 5.41) is 22.2. The number of aryl methyl sites for hydroxylation is 1. The van der Waals surface area contributed by atoms with Gasteiger partial charge in [-0.1, -0.05) is 23.2 Å². The second-order valence-corrected chi connectivity index (χ2v) is 7.73. The minimum Gasteiger partial charge on any atom is -0.452 e. The van der Waals surface area contributed by atoms with Crippen LogP contribution in [0.1, 0.15) is 10.4 Å². The molecular formula is C17H12Cl2N6O5S. The van der Waals surface area contributed by atoms with Gasteiger partial charge in [-0.05, 0) is 30.0 Å². The predicted molar refractivity (Wildman–Crippen MR) is 111 cm³/mol. The summed E-state index contributed by atoms with van der Waals surface area (Å²) >= 11 is 12.7. The van der Waals surface area contributed by atoms with Gasteiger partial charge in [0.25, 0.3) is 11.6 Å². The van der Waals surface area contributed by atoms with Gasteiger partial charge in [0.1, 0.15) is 6.33 Å². The van der Waals surface area contributed by atoms with E-state index in [1.54, 1.807) is 11.6 Å². The minimum atomic E-state index is -0.913. The number of ether oxygens (including phenoxy) is 1. The number of esters is 1. The number of hydrogen-bond donors (Lipinski definition) is 1. The number of amides is 1. The van der Waals surface area contributed by atoms with E-state index in [2.05, 4.69) is 20.5 Å². The highest BCUT2D eigenvalue weighted by Gasteiger charge is 2.21. The molecule has 0 unspecified atom stereocenters. The smallest absolute Gasteiger partial charge is 0.338 e. The number of halogens is 2. The molecule has 1 aromatic carbocycles. The van der Waals surface area contributed by atoms with Crippen molar-refractivity contribution in [2.75, 3.05) is 11.9 Å². The van der Waals surface area contributed by atoms with Gasteiger partial charge < -0.3 is 14.6 Å². The number of benzene rings is 1. The first-order valence-corrected chi connectivity index (χ1v) is 9.90. The van der Waals surface area contributed by atoms with E-state index >= 15 is 0 Å². The van der Waals surface area contributed by atoms with Crippen LogP contribution in [0.4, 0.5) is 11.5 Å². The normalized spacial score (nSPS) is 10.5. The highest BCUT2D eigenvalue weighted by atomic mass is 35.5. The molecule has 1 amide bonds. The van der Waals surface area contributed by atoms with Gasteiger partial charge in [-0.2, -0.15) is 0 Å². The summed E-state index contributed by atoms with van der Waals surface area (Å²) in [6.45, 7) is -0.650. The SMILES string of the molecule is Cn1cnnc1Sc1ccc(C(=O)OCC(=O)Nc2ncc(Cl)cc2Cl)cc1[N+](=O)[O-]. The van der Waals surface area contributed by atoms with Crippen LogP contribution in [-0.2, 0) is 16.6 Å². The summed E-state index contributed by atoms with van der Waals surface area (Å²) in [5.74, 6) is -1.56. The van der Waals surface area contributed by atoms with Gasteiger partial charge in [0, 0.05) is 19.3 Å². The fourth-order valence-corrected chi connectivity index (χ4v) is 3.50. The number of nitro benzene ring substituents is 1. The van der Waals surface area contributed by atoms with Crippen molar-refractivity contribution in [3.05, 3.63) is 62.5 Å². The van der Waals surface area contributed by atoms with Crippen molar-refractivity contribution in [3.8, 4) is 0 Å². The van der Waals surface area contributed by atoms with Gasteiger partial charge in [0.15, 0.2) is 17.6 Å². The molecule has 1 N–H and O–H groups in total. The first-order chi connectivity index (χ1) is 14.7. The highest BCUT2D eigenvalue weighted by molar-refractivity contribution is 7.99. The standard InChI is InChI=1S/C17H12Cl2N6O5S/c1-24-8-21-23-17(24)31-13-3-2-9(4-12(13)25(28)29)16(27)30-7-14(26)22-15-11(19)5-10(18)6-20-15/h2-6,8H,7H2,1H3,(H,20,22,26). The van der Waals surface area contributed by atoms with Gasteiger partial charge in [-0.25, -0.2) is 9.78 Å². The Morgan fingerprint density at radius 1 is 1.32 bits per heavy atom. The number of nitrogens with zero attached hydrogens (tertiary/aromatic N) is 5. The molecule has 0 atom stereocenters. The number of rotatable bonds is 7. The predicted octanol–water partition coefficient (Wildman–Crippen LogP) is 3.37. The molecule has 0 aliphatic carbocycles. The first kappa shape index (κ1) is 22.5. The summed E-state index contributed by atoms with van der Waals surface area (Å²) < 4.78 is 6.52. The molecule has 3 rings (SSSR count). The molecule has 0 saturated carbocycles. The summed E-state index contributed by atoms with van der Waals surface area (Å²) in [5.41, 5.74) is -0.409. The van der Waals surface area contributed by atoms with Crippen LogP contribution >= 0.6 is 35.0 Å². The zero-order chi connectivity index (χ0) is 22.5. The zero-order valence-electron chi connectivity index (χ0n) is 15.6. The van der Waals surface area contributed by atoms with Crippen molar-refractivity contribution in [3.63, 3.8) is 0 Å². The van der Waals surface area contributed by atoms with Crippen molar-refractivity contribution >= 4 is 58.3 Å². The number of anilines is 1. The van der Waals surface area contributed by atoms with E-state index in [0.29, 0.717) is 5.16 Å². The van der Waals surface area contributed by atoms with Gasteiger partial charge in [0.2, 0.25) is 0 Å². The number of nitrogens with one attached hydrogen (secondary N) is 1. The lowest BCUT2D eigenvalue weighted by Gasteiger charge is -2.08. The average Bonchev–Trinajstić information content (AvgIpc) is 3.13. The van der Waals surface area contributed by atoms with E-state index in [4.69, 9.17) is 27.9 Å². The van der Waals surface area contributed by atoms with Crippen LogP contribution < -0.4 is 5.32 Å². The van der Waals surface area contributed by atoms with Crippen LogP contribution in [0.15, 0.2) is 46.8 Å². The van der Waals surface area contributed by atoms with Gasteiger partial charge >= 0.3 is 5.97 Å². The topological polar surface area (TPSA) is 142 Å². The maximum absolute atomic E-state index is 12.3. The Hall–Kier alpha value is -3.22. The third kappa shape index (κ3) is 5.69. The van der Waals surface area contributed by atoms with Gasteiger partial charge in [0.05, 0.1) is 25.4 Å². The first-order valence-electron chi connectivity index (χ1n) is 8.33. The molecule has 0 saturated heterocycles. The molecule has 0 radical (unpaired) electrons. The molecule has 160 valence electrons. The molecule has 31 heavy (non-hydrogen) atoms. The molecule has 0 fully saturated rings. The molecular weight excluding hydrogens is 471 g/mol. The van der Waals surface area contributed by atoms with Crippen molar-refractivity contribution in [1.29, 1.82) is 0 Å². The molecule has 11 nitrogen and oxygen atoms in total. The van der Waals surface area contributed by atoms with E-state index < -0.39 is 23.4 Å². The largest absolute Gasteiger partial charge is 0.452 e.